The molecule has 0 aliphatic heterocycles. The zero-order valence-corrected chi connectivity index (χ0v) is 18.0. The Kier molecular flexibility index (Phi) is 5.49. The molecule has 0 fully saturated rings. The van der Waals surface area contributed by atoms with Crippen LogP contribution in [-0.2, 0) is 6.54 Å². The predicted octanol–water partition coefficient (Wildman–Crippen LogP) is 5.65. The van der Waals surface area contributed by atoms with Gasteiger partial charge >= 0.3 is 0 Å². The van der Waals surface area contributed by atoms with Gasteiger partial charge in [-0.3, -0.25) is 4.79 Å². The van der Waals surface area contributed by atoms with E-state index in [2.05, 4.69) is 63.1 Å². The molecular formula is C24H22BrN3O. The van der Waals surface area contributed by atoms with Crippen LogP contribution in [0.15, 0.2) is 77.3 Å². The van der Waals surface area contributed by atoms with E-state index in [0.29, 0.717) is 12.1 Å². The van der Waals surface area contributed by atoms with Crippen molar-refractivity contribution >= 4 is 32.9 Å². The van der Waals surface area contributed by atoms with E-state index >= 15 is 0 Å². The molecular weight excluding hydrogens is 426 g/mol. The SMILES string of the molecule is Cc1ccc(Cn2c(C(C)NC(=O)c3cccc(Br)c3)nc3ccccc32)cc1. The summed E-state index contributed by atoms with van der Waals surface area (Å²) >= 11 is 3.42. The summed E-state index contributed by atoms with van der Waals surface area (Å²) in [6.07, 6.45) is 0. The Balaban J connectivity index is 1.67. The molecule has 0 saturated heterocycles. The number of nitrogens with one attached hydrogen (secondary N) is 1. The van der Waals surface area contributed by atoms with E-state index in [9.17, 15) is 4.79 Å². The second-order valence-corrected chi connectivity index (χ2v) is 8.15. The summed E-state index contributed by atoms with van der Waals surface area (Å²) < 4.78 is 3.07. The first-order valence-corrected chi connectivity index (χ1v) is 10.4. The van der Waals surface area contributed by atoms with Crippen molar-refractivity contribution in [3.63, 3.8) is 0 Å². The number of aromatic nitrogens is 2. The molecule has 29 heavy (non-hydrogen) atoms. The van der Waals surface area contributed by atoms with Crippen LogP contribution in [0.3, 0.4) is 0 Å². The number of amides is 1. The third-order valence-corrected chi connectivity index (χ3v) is 5.46. The maximum Gasteiger partial charge on any atom is 0.251 e. The van der Waals surface area contributed by atoms with E-state index in [-0.39, 0.29) is 11.9 Å². The van der Waals surface area contributed by atoms with Gasteiger partial charge in [0.2, 0.25) is 0 Å². The Labute approximate surface area is 178 Å². The number of carbonyl (C=O) groups is 1. The summed E-state index contributed by atoms with van der Waals surface area (Å²) in [5, 5.41) is 3.09. The van der Waals surface area contributed by atoms with Gasteiger partial charge in [0.05, 0.1) is 17.1 Å². The van der Waals surface area contributed by atoms with Gasteiger partial charge in [-0.25, -0.2) is 4.98 Å². The normalized spacial score (nSPS) is 12.1. The summed E-state index contributed by atoms with van der Waals surface area (Å²) in [6.45, 7) is 4.76. The number of hydrogen-bond acceptors (Lipinski definition) is 2. The zero-order chi connectivity index (χ0) is 20.4. The molecule has 0 radical (unpaired) electrons. The van der Waals surface area contributed by atoms with E-state index in [1.807, 2.05) is 49.4 Å². The lowest BCUT2D eigenvalue weighted by Gasteiger charge is -2.17. The fourth-order valence-corrected chi connectivity index (χ4v) is 3.84. The predicted molar refractivity (Wildman–Crippen MR) is 120 cm³/mol. The highest BCUT2D eigenvalue weighted by atomic mass is 79.9. The first-order chi connectivity index (χ1) is 14.0. The van der Waals surface area contributed by atoms with Crippen molar-refractivity contribution in [1.29, 1.82) is 0 Å². The van der Waals surface area contributed by atoms with Crippen molar-refractivity contribution in [3.05, 3.63) is 99.8 Å². The van der Waals surface area contributed by atoms with Crippen molar-refractivity contribution in [2.75, 3.05) is 0 Å². The Morgan fingerprint density at radius 2 is 1.83 bits per heavy atom. The molecule has 1 amide bonds. The molecule has 0 aliphatic rings. The quantitative estimate of drug-likeness (QED) is 0.429. The van der Waals surface area contributed by atoms with Crippen molar-refractivity contribution in [2.45, 2.75) is 26.4 Å². The van der Waals surface area contributed by atoms with Crippen LogP contribution >= 0.6 is 15.9 Å². The van der Waals surface area contributed by atoms with E-state index in [4.69, 9.17) is 4.98 Å². The number of imidazole rings is 1. The maximum atomic E-state index is 12.7. The minimum Gasteiger partial charge on any atom is -0.342 e. The first-order valence-electron chi connectivity index (χ1n) is 9.58. The molecule has 1 heterocycles. The highest BCUT2D eigenvalue weighted by molar-refractivity contribution is 9.10. The van der Waals surface area contributed by atoms with Crippen LogP contribution in [0.4, 0.5) is 0 Å². The van der Waals surface area contributed by atoms with Gasteiger partial charge in [-0.1, -0.05) is 64.0 Å². The number of rotatable bonds is 5. The molecule has 1 atom stereocenters. The maximum absolute atomic E-state index is 12.7. The molecule has 4 aromatic rings. The van der Waals surface area contributed by atoms with Crippen molar-refractivity contribution in [1.82, 2.24) is 14.9 Å². The van der Waals surface area contributed by atoms with Gasteiger partial charge in [-0.15, -0.1) is 0 Å². The second kappa shape index (κ2) is 8.21. The standard InChI is InChI=1S/C24H22BrN3O/c1-16-10-12-18(13-11-16)15-28-22-9-4-3-8-21(22)27-23(28)17(2)26-24(29)19-6-5-7-20(25)14-19/h3-14,17H,15H2,1-2H3,(H,26,29). The van der Waals surface area contributed by atoms with Crippen molar-refractivity contribution in [3.8, 4) is 0 Å². The number of para-hydroxylation sites is 2. The number of aryl methyl sites for hydroxylation is 1. The average molecular weight is 448 g/mol. The molecule has 0 saturated carbocycles. The summed E-state index contributed by atoms with van der Waals surface area (Å²) in [4.78, 5) is 17.6. The molecule has 5 heteroatoms. The van der Waals surface area contributed by atoms with Crippen molar-refractivity contribution in [2.24, 2.45) is 0 Å². The third kappa shape index (κ3) is 4.25. The topological polar surface area (TPSA) is 46.9 Å². The highest BCUT2D eigenvalue weighted by Crippen LogP contribution is 2.23. The van der Waals surface area contributed by atoms with E-state index in [0.717, 1.165) is 21.3 Å². The molecule has 1 N–H and O–H groups in total. The van der Waals surface area contributed by atoms with Gasteiger partial charge in [-0.05, 0) is 49.7 Å². The monoisotopic (exact) mass is 447 g/mol. The van der Waals surface area contributed by atoms with Gasteiger partial charge in [-0.2, -0.15) is 0 Å². The highest BCUT2D eigenvalue weighted by Gasteiger charge is 2.19. The Morgan fingerprint density at radius 3 is 2.59 bits per heavy atom. The molecule has 3 aromatic carbocycles. The molecule has 0 bridgehead atoms. The molecule has 4 rings (SSSR count). The lowest BCUT2D eigenvalue weighted by Crippen LogP contribution is -2.28. The number of fused-ring (bicyclic) bond motifs is 1. The van der Waals surface area contributed by atoms with Crippen LogP contribution in [0.1, 0.15) is 40.3 Å². The minimum absolute atomic E-state index is 0.118. The van der Waals surface area contributed by atoms with Crippen LogP contribution in [0.2, 0.25) is 0 Å². The second-order valence-electron chi connectivity index (χ2n) is 7.24. The lowest BCUT2D eigenvalue weighted by atomic mass is 10.1. The largest absolute Gasteiger partial charge is 0.342 e. The van der Waals surface area contributed by atoms with Gasteiger partial charge in [0.25, 0.3) is 5.91 Å². The van der Waals surface area contributed by atoms with Crippen LogP contribution in [0.25, 0.3) is 11.0 Å². The van der Waals surface area contributed by atoms with E-state index in [1.165, 1.54) is 11.1 Å². The summed E-state index contributed by atoms with van der Waals surface area (Å²) in [6, 6.07) is 23.7. The summed E-state index contributed by atoms with van der Waals surface area (Å²) in [5.74, 6) is 0.725. The Hall–Kier alpha value is -2.92. The summed E-state index contributed by atoms with van der Waals surface area (Å²) in [5.41, 5.74) is 5.04. The molecule has 1 aromatic heterocycles. The van der Waals surface area contributed by atoms with E-state index in [1.54, 1.807) is 0 Å². The van der Waals surface area contributed by atoms with Crippen LogP contribution in [-0.4, -0.2) is 15.5 Å². The smallest absolute Gasteiger partial charge is 0.251 e. The number of halogens is 1. The minimum atomic E-state index is -0.237. The average Bonchev–Trinajstić information content (AvgIpc) is 3.08. The first kappa shape index (κ1) is 19.4. The van der Waals surface area contributed by atoms with Crippen LogP contribution < -0.4 is 5.32 Å². The third-order valence-electron chi connectivity index (χ3n) is 4.97. The van der Waals surface area contributed by atoms with Gasteiger partial charge in [0.15, 0.2) is 0 Å². The Morgan fingerprint density at radius 1 is 1.07 bits per heavy atom. The molecule has 0 aliphatic carbocycles. The zero-order valence-electron chi connectivity index (χ0n) is 16.4. The number of carbonyl (C=O) groups excluding carboxylic acids is 1. The molecule has 146 valence electrons. The Bertz CT molecular complexity index is 1160. The fraction of sp³-hybridized carbons (Fsp3) is 0.167. The lowest BCUT2D eigenvalue weighted by molar-refractivity contribution is 0.0937. The molecule has 0 spiro atoms. The number of nitrogens with zero attached hydrogens (tertiary/aromatic N) is 2. The molecule has 1 unspecified atom stereocenters. The van der Waals surface area contributed by atoms with E-state index < -0.39 is 0 Å². The summed E-state index contributed by atoms with van der Waals surface area (Å²) in [7, 11) is 0. The van der Waals surface area contributed by atoms with Gasteiger partial charge in [0.1, 0.15) is 5.82 Å². The van der Waals surface area contributed by atoms with Gasteiger partial charge < -0.3 is 9.88 Å². The van der Waals surface area contributed by atoms with Crippen LogP contribution in [0.5, 0.6) is 0 Å². The van der Waals surface area contributed by atoms with Gasteiger partial charge in [0, 0.05) is 16.6 Å². The number of hydrogen-bond donors (Lipinski definition) is 1. The van der Waals surface area contributed by atoms with Crippen LogP contribution in [0, 0.1) is 6.92 Å². The molecule has 4 nitrogen and oxygen atoms in total. The fourth-order valence-electron chi connectivity index (χ4n) is 3.44. The number of benzene rings is 3. The van der Waals surface area contributed by atoms with Crippen molar-refractivity contribution < 1.29 is 4.79 Å².